The van der Waals surface area contributed by atoms with Crippen LogP contribution in [-0.4, -0.2) is 0 Å². The van der Waals surface area contributed by atoms with E-state index in [9.17, 15) is 0 Å². The van der Waals surface area contributed by atoms with E-state index in [0.29, 0.717) is 0 Å². The van der Waals surface area contributed by atoms with E-state index in [4.69, 9.17) is 22.1 Å². The van der Waals surface area contributed by atoms with Crippen molar-refractivity contribution in [3.63, 3.8) is 0 Å². The number of thiophene rings is 2. The van der Waals surface area contributed by atoms with Crippen molar-refractivity contribution in [3.05, 3.63) is 231 Å². The second-order valence-corrected chi connectivity index (χ2v) is 23.3. The van der Waals surface area contributed by atoms with Gasteiger partial charge in [-0.25, -0.2) is 0 Å². The first kappa shape index (κ1) is 43.6. The predicted octanol–water partition coefficient (Wildman–Crippen LogP) is 22.9. The Balaban J connectivity index is 0.729. The molecule has 0 aliphatic heterocycles. The normalized spacial score (nSPS) is 12.4. The second kappa shape index (κ2) is 16.1. The molecule has 0 amide bonds. The highest BCUT2D eigenvalue weighted by Crippen LogP contribution is 2.48. The Bertz CT molecular complexity index is 5540. The fourth-order valence-corrected chi connectivity index (χ4v) is 15.2. The van der Waals surface area contributed by atoms with Crippen LogP contribution in [-0.2, 0) is 0 Å². The molecule has 0 radical (unpaired) electrons. The summed E-state index contributed by atoms with van der Waals surface area (Å²) < 4.78 is 38.1. The highest BCUT2D eigenvalue weighted by Gasteiger charge is 2.23. The molecule has 7 heterocycles. The second-order valence-electron chi connectivity index (χ2n) is 21.1. The first-order chi connectivity index (χ1) is 40.0. The van der Waals surface area contributed by atoms with Gasteiger partial charge in [0.15, 0.2) is 0 Å². The molecule has 19 aromatic rings. The van der Waals surface area contributed by atoms with Crippen molar-refractivity contribution in [3.8, 4) is 0 Å². The summed E-state index contributed by atoms with van der Waals surface area (Å²) in [7, 11) is 0. The monoisotopic (exact) mass is 1070 g/mol. The van der Waals surface area contributed by atoms with Crippen molar-refractivity contribution in [2.24, 2.45) is 0 Å². The Hall–Kier alpha value is -10.3. The average molecular weight is 1080 g/mol. The van der Waals surface area contributed by atoms with E-state index in [0.717, 1.165) is 144 Å². The van der Waals surface area contributed by atoms with E-state index in [1.54, 1.807) is 0 Å². The maximum atomic E-state index is 6.88. The standard InChI is InChI=1S/C72H38N2O5S2/c1-5-13-59-45(9-1)53-29-39(21-27-61(53)75-59)73(43-19-25-51-49-11-3-7-15-69(49)80-71(51)33-43)41-17-23-47-55-35-67-57(37-65(55)77-63(47)31-41)58-38-66-56(36-68(58)79-67)48-24-18-42(32-64(48)78-66)74(40-22-28-62-54(30-40)46-10-2-6-14-60(46)76-62)44-20-26-52-50-12-4-8-16-70(50)81-72(52)34-44/h1-38H. The maximum absolute atomic E-state index is 6.88. The summed E-state index contributed by atoms with van der Waals surface area (Å²) >= 11 is 3.64. The number of furan rings is 5. The summed E-state index contributed by atoms with van der Waals surface area (Å²) in [6.45, 7) is 0. The minimum atomic E-state index is 0.784. The number of hydrogen-bond donors (Lipinski definition) is 0. The molecule has 0 unspecified atom stereocenters. The summed E-state index contributed by atoms with van der Waals surface area (Å²) in [6, 6.07) is 81.9. The van der Waals surface area contributed by atoms with Gasteiger partial charge in [-0.2, -0.15) is 0 Å². The number of anilines is 6. The Morgan fingerprint density at radius 1 is 0.185 bits per heavy atom. The summed E-state index contributed by atoms with van der Waals surface area (Å²) in [4.78, 5) is 4.64. The third-order valence-corrected chi connectivity index (χ3v) is 18.9. The van der Waals surface area contributed by atoms with Crippen LogP contribution in [0.1, 0.15) is 0 Å². The van der Waals surface area contributed by atoms with Crippen molar-refractivity contribution in [2.75, 3.05) is 9.80 Å². The van der Waals surface area contributed by atoms with Gasteiger partial charge in [0.1, 0.15) is 55.8 Å². The summed E-state index contributed by atoms with van der Waals surface area (Å²) in [5.41, 5.74) is 14.3. The van der Waals surface area contributed by atoms with Gasteiger partial charge in [-0.1, -0.05) is 84.9 Å². The van der Waals surface area contributed by atoms with Gasteiger partial charge in [0.25, 0.3) is 0 Å². The van der Waals surface area contributed by atoms with E-state index >= 15 is 0 Å². The van der Waals surface area contributed by atoms with Crippen LogP contribution in [0.15, 0.2) is 253 Å². The lowest BCUT2D eigenvalue weighted by Gasteiger charge is -2.25. The molecule has 0 atom stereocenters. The highest BCUT2D eigenvalue weighted by molar-refractivity contribution is 7.26. The molecule has 0 fully saturated rings. The number of hydrogen-bond acceptors (Lipinski definition) is 9. The van der Waals surface area contributed by atoms with Crippen LogP contribution in [0, 0.1) is 0 Å². The van der Waals surface area contributed by atoms with Crippen LogP contribution < -0.4 is 9.80 Å². The molecule has 12 aromatic carbocycles. The van der Waals surface area contributed by atoms with Crippen LogP contribution in [0.4, 0.5) is 34.1 Å². The number of nitrogens with zero attached hydrogens (tertiary/aromatic N) is 2. The first-order valence-electron chi connectivity index (χ1n) is 27.0. The minimum absolute atomic E-state index is 0.784. The summed E-state index contributed by atoms with van der Waals surface area (Å²) in [5.74, 6) is 0. The molecule has 0 N–H and O–H groups in total. The number of rotatable bonds is 6. The Morgan fingerprint density at radius 3 is 0.901 bits per heavy atom. The van der Waals surface area contributed by atoms with Gasteiger partial charge in [0, 0.05) is 140 Å². The molecule has 0 saturated heterocycles. The maximum Gasteiger partial charge on any atom is 0.137 e. The minimum Gasteiger partial charge on any atom is -0.456 e. The van der Waals surface area contributed by atoms with Gasteiger partial charge in [0.05, 0.1) is 0 Å². The lowest BCUT2D eigenvalue weighted by atomic mass is 10.1. The molecule has 0 spiro atoms. The summed E-state index contributed by atoms with van der Waals surface area (Å²) in [5, 5.41) is 15.3. The third-order valence-electron chi connectivity index (χ3n) is 16.6. The molecule has 7 nitrogen and oxygen atoms in total. The molecule has 0 aliphatic carbocycles. The Kier molecular flexibility index (Phi) is 8.70. The summed E-state index contributed by atoms with van der Waals surface area (Å²) in [6.07, 6.45) is 0. The molecule has 9 heteroatoms. The zero-order chi connectivity index (χ0) is 52.6. The predicted molar refractivity (Wildman–Crippen MR) is 338 cm³/mol. The van der Waals surface area contributed by atoms with E-state index in [1.807, 2.05) is 46.9 Å². The van der Waals surface area contributed by atoms with Crippen LogP contribution in [0.3, 0.4) is 0 Å². The Morgan fingerprint density at radius 2 is 0.457 bits per heavy atom. The molecule has 81 heavy (non-hydrogen) atoms. The average Bonchev–Trinajstić information content (AvgIpc) is 4.48. The van der Waals surface area contributed by atoms with E-state index in [1.165, 1.54) is 40.3 Å². The lowest BCUT2D eigenvalue weighted by Crippen LogP contribution is -2.09. The van der Waals surface area contributed by atoms with E-state index < -0.39 is 0 Å². The number of fused-ring (bicyclic) bond motifs is 21. The molecular weight excluding hydrogens is 1040 g/mol. The van der Waals surface area contributed by atoms with Crippen molar-refractivity contribution >= 4 is 207 Å². The molecule has 0 saturated carbocycles. The SMILES string of the molecule is c1ccc2c(c1)oc1ccc(N(c3ccc4c(c3)oc3cc5c(cc34)oc3cc4c(cc35)oc3cc(N(c5ccc6c(c5)sc5ccccc56)c5ccc6oc7ccccc7c6c5)ccc34)c3ccc4c(c3)sc3ccccc34)cc12. The van der Waals surface area contributed by atoms with Gasteiger partial charge in [-0.3, -0.25) is 0 Å². The third kappa shape index (κ3) is 6.38. The fraction of sp³-hybridized carbons (Fsp3) is 0. The topological polar surface area (TPSA) is 72.2 Å². The Labute approximate surface area is 466 Å². The number of para-hydroxylation sites is 2. The fourth-order valence-electron chi connectivity index (χ4n) is 12.9. The van der Waals surface area contributed by atoms with Crippen LogP contribution >= 0.6 is 22.7 Å². The molecule has 7 aromatic heterocycles. The van der Waals surface area contributed by atoms with Gasteiger partial charge in [-0.15, -0.1) is 22.7 Å². The zero-order valence-electron chi connectivity index (χ0n) is 42.7. The molecular formula is C72H38N2O5S2. The van der Waals surface area contributed by atoms with Crippen molar-refractivity contribution in [1.29, 1.82) is 0 Å². The van der Waals surface area contributed by atoms with Gasteiger partial charge in [0.2, 0.25) is 0 Å². The van der Waals surface area contributed by atoms with Crippen LogP contribution in [0.25, 0.3) is 150 Å². The smallest absolute Gasteiger partial charge is 0.137 e. The van der Waals surface area contributed by atoms with E-state index in [2.05, 4.69) is 216 Å². The lowest BCUT2D eigenvalue weighted by molar-refractivity contribution is 0.662. The van der Waals surface area contributed by atoms with Crippen molar-refractivity contribution in [2.45, 2.75) is 0 Å². The van der Waals surface area contributed by atoms with Crippen LogP contribution in [0.5, 0.6) is 0 Å². The van der Waals surface area contributed by atoms with Crippen molar-refractivity contribution in [1.82, 2.24) is 0 Å². The molecule has 0 bridgehead atoms. The number of benzene rings is 12. The largest absolute Gasteiger partial charge is 0.456 e. The zero-order valence-corrected chi connectivity index (χ0v) is 44.3. The van der Waals surface area contributed by atoms with Crippen molar-refractivity contribution < 1.29 is 22.1 Å². The highest BCUT2D eigenvalue weighted by atomic mass is 32.1. The van der Waals surface area contributed by atoms with Gasteiger partial charge in [-0.05, 0) is 133 Å². The van der Waals surface area contributed by atoms with Gasteiger partial charge >= 0.3 is 0 Å². The first-order valence-corrected chi connectivity index (χ1v) is 28.6. The van der Waals surface area contributed by atoms with E-state index in [-0.39, 0.29) is 0 Å². The quantitative estimate of drug-likeness (QED) is 0.164. The van der Waals surface area contributed by atoms with Crippen LogP contribution in [0.2, 0.25) is 0 Å². The molecule has 0 aliphatic rings. The van der Waals surface area contributed by atoms with Gasteiger partial charge < -0.3 is 31.9 Å². The molecule has 378 valence electrons. The molecule has 19 rings (SSSR count).